The quantitative estimate of drug-likeness (QED) is 0.568. The maximum absolute atomic E-state index is 12.9. The molecule has 0 fully saturated rings. The molecule has 0 amide bonds. The SMILES string of the molecule is O=C(ON=C1CCCc2[nH]c3ccccc3c21)c1ccc(F)cc1. The minimum atomic E-state index is -0.588. The maximum Gasteiger partial charge on any atom is 0.365 e. The Bertz CT molecular complexity index is 942. The van der Waals surface area contributed by atoms with Crippen LogP contribution in [-0.4, -0.2) is 16.7 Å². The lowest BCUT2D eigenvalue weighted by atomic mass is 9.94. The molecule has 3 aromatic rings. The lowest BCUT2D eigenvalue weighted by molar-refractivity contribution is 0.0515. The Morgan fingerprint density at radius 2 is 1.88 bits per heavy atom. The molecule has 1 heterocycles. The molecule has 0 spiro atoms. The topological polar surface area (TPSA) is 54.4 Å². The smallest absolute Gasteiger partial charge is 0.358 e. The molecule has 120 valence electrons. The summed E-state index contributed by atoms with van der Waals surface area (Å²) in [6.07, 6.45) is 2.66. The van der Waals surface area contributed by atoms with Crippen molar-refractivity contribution in [3.05, 3.63) is 71.2 Å². The first-order chi connectivity index (χ1) is 11.7. The van der Waals surface area contributed by atoms with Crippen LogP contribution in [0.2, 0.25) is 0 Å². The van der Waals surface area contributed by atoms with Gasteiger partial charge >= 0.3 is 5.97 Å². The van der Waals surface area contributed by atoms with Crippen LogP contribution in [0.4, 0.5) is 4.39 Å². The van der Waals surface area contributed by atoms with Crippen molar-refractivity contribution in [2.24, 2.45) is 5.16 Å². The number of hydrogen-bond acceptors (Lipinski definition) is 3. The predicted octanol–water partition coefficient (Wildman–Crippen LogP) is 4.20. The third-order valence-electron chi connectivity index (χ3n) is 4.23. The van der Waals surface area contributed by atoms with Crippen molar-refractivity contribution in [1.29, 1.82) is 0 Å². The van der Waals surface area contributed by atoms with Gasteiger partial charge in [-0.3, -0.25) is 0 Å². The summed E-state index contributed by atoms with van der Waals surface area (Å²) >= 11 is 0. The summed E-state index contributed by atoms with van der Waals surface area (Å²) in [5.41, 5.74) is 4.25. The van der Waals surface area contributed by atoms with E-state index in [-0.39, 0.29) is 5.56 Å². The van der Waals surface area contributed by atoms with Gasteiger partial charge in [-0.05, 0) is 49.6 Å². The van der Waals surface area contributed by atoms with E-state index in [1.54, 1.807) is 0 Å². The highest BCUT2D eigenvalue weighted by atomic mass is 19.1. The molecule has 0 saturated heterocycles. The van der Waals surface area contributed by atoms with Crippen LogP contribution in [0, 0.1) is 5.82 Å². The van der Waals surface area contributed by atoms with Gasteiger partial charge in [-0.1, -0.05) is 23.4 Å². The van der Waals surface area contributed by atoms with E-state index in [1.165, 1.54) is 24.3 Å². The predicted molar refractivity (Wildman–Crippen MR) is 89.6 cm³/mol. The number of benzene rings is 2. The Morgan fingerprint density at radius 1 is 1.08 bits per heavy atom. The molecule has 4 nitrogen and oxygen atoms in total. The molecule has 2 aromatic carbocycles. The van der Waals surface area contributed by atoms with Gasteiger partial charge in [0, 0.05) is 22.2 Å². The van der Waals surface area contributed by atoms with Gasteiger partial charge in [-0.2, -0.15) is 0 Å². The number of nitrogens with zero attached hydrogens (tertiary/aromatic N) is 1. The first-order valence-corrected chi connectivity index (χ1v) is 7.86. The summed E-state index contributed by atoms with van der Waals surface area (Å²) < 4.78 is 12.9. The number of hydrogen-bond donors (Lipinski definition) is 1. The number of nitrogens with one attached hydrogen (secondary N) is 1. The molecule has 1 N–H and O–H groups in total. The maximum atomic E-state index is 12.9. The summed E-state index contributed by atoms with van der Waals surface area (Å²) in [7, 11) is 0. The second-order valence-electron chi connectivity index (χ2n) is 5.80. The summed E-state index contributed by atoms with van der Waals surface area (Å²) in [5.74, 6) is -0.983. The number of rotatable bonds is 2. The standard InChI is InChI=1S/C19H15FN2O2/c20-13-10-8-12(9-11-13)19(23)24-22-17-7-3-6-16-18(17)14-4-1-2-5-15(14)21-16/h1-2,4-5,8-11,21H,3,6-7H2. The molecule has 1 aliphatic rings. The molecule has 0 bridgehead atoms. The number of aryl methyl sites for hydroxylation is 1. The third-order valence-corrected chi connectivity index (χ3v) is 4.23. The van der Waals surface area contributed by atoms with E-state index in [0.717, 1.165) is 47.1 Å². The van der Waals surface area contributed by atoms with E-state index in [2.05, 4.69) is 10.1 Å². The van der Waals surface area contributed by atoms with Crippen LogP contribution in [0.5, 0.6) is 0 Å². The van der Waals surface area contributed by atoms with Crippen LogP contribution in [0.25, 0.3) is 10.9 Å². The fourth-order valence-corrected chi connectivity index (χ4v) is 3.10. The Hall–Kier alpha value is -2.95. The van der Waals surface area contributed by atoms with E-state index in [0.29, 0.717) is 0 Å². The van der Waals surface area contributed by atoms with Crippen LogP contribution in [0.3, 0.4) is 0 Å². The van der Waals surface area contributed by atoms with Crippen molar-refractivity contribution in [3.63, 3.8) is 0 Å². The minimum absolute atomic E-state index is 0.274. The number of fused-ring (bicyclic) bond motifs is 3. The van der Waals surface area contributed by atoms with Crippen LogP contribution in [0.1, 0.15) is 34.5 Å². The number of carbonyl (C=O) groups is 1. The third kappa shape index (κ3) is 2.58. The Balaban J connectivity index is 1.65. The molecule has 1 aromatic heterocycles. The Labute approximate surface area is 137 Å². The largest absolute Gasteiger partial charge is 0.365 e. The molecule has 0 atom stereocenters. The fraction of sp³-hybridized carbons (Fsp3) is 0.158. The Kier molecular flexibility index (Phi) is 3.61. The zero-order chi connectivity index (χ0) is 16.5. The molecule has 1 aliphatic carbocycles. The van der Waals surface area contributed by atoms with E-state index in [4.69, 9.17) is 4.84 Å². The number of oxime groups is 1. The summed E-state index contributed by atoms with van der Waals surface area (Å²) in [5, 5.41) is 5.19. The number of carbonyl (C=O) groups excluding carboxylic acids is 1. The van der Waals surface area contributed by atoms with Gasteiger partial charge in [0.1, 0.15) is 5.82 Å². The molecular formula is C19H15FN2O2. The van der Waals surface area contributed by atoms with Gasteiger partial charge < -0.3 is 9.82 Å². The number of aromatic amines is 1. The van der Waals surface area contributed by atoms with E-state index in [9.17, 15) is 9.18 Å². The normalized spacial score (nSPS) is 15.5. The average Bonchev–Trinajstić information content (AvgIpc) is 2.99. The van der Waals surface area contributed by atoms with Gasteiger partial charge in [0.25, 0.3) is 0 Å². The number of para-hydroxylation sites is 1. The van der Waals surface area contributed by atoms with Crippen molar-refractivity contribution < 1.29 is 14.0 Å². The van der Waals surface area contributed by atoms with Gasteiger partial charge in [0.2, 0.25) is 0 Å². The highest BCUT2D eigenvalue weighted by molar-refractivity contribution is 6.12. The average molecular weight is 322 g/mol. The fourth-order valence-electron chi connectivity index (χ4n) is 3.10. The van der Waals surface area contributed by atoms with E-state index < -0.39 is 11.8 Å². The number of H-pyrrole nitrogens is 1. The highest BCUT2D eigenvalue weighted by Gasteiger charge is 2.21. The van der Waals surface area contributed by atoms with Crippen LogP contribution >= 0.6 is 0 Å². The highest BCUT2D eigenvalue weighted by Crippen LogP contribution is 2.29. The zero-order valence-corrected chi connectivity index (χ0v) is 12.9. The van der Waals surface area contributed by atoms with Crippen molar-refractivity contribution in [3.8, 4) is 0 Å². The lowest BCUT2D eigenvalue weighted by Crippen LogP contribution is -2.12. The van der Waals surface area contributed by atoms with Gasteiger partial charge in [0.15, 0.2) is 0 Å². The molecular weight excluding hydrogens is 307 g/mol. The Morgan fingerprint density at radius 3 is 2.71 bits per heavy atom. The molecule has 0 aliphatic heterocycles. The molecule has 24 heavy (non-hydrogen) atoms. The molecule has 0 saturated carbocycles. The summed E-state index contributed by atoms with van der Waals surface area (Å²) in [4.78, 5) is 20.6. The first kappa shape index (κ1) is 14.6. The van der Waals surface area contributed by atoms with Crippen LogP contribution in [0.15, 0.2) is 53.7 Å². The van der Waals surface area contributed by atoms with Gasteiger partial charge in [-0.15, -0.1) is 0 Å². The molecule has 5 heteroatoms. The summed E-state index contributed by atoms with van der Waals surface area (Å²) in [6.45, 7) is 0. The molecule has 0 radical (unpaired) electrons. The van der Waals surface area contributed by atoms with Gasteiger partial charge in [0.05, 0.1) is 11.3 Å². The van der Waals surface area contributed by atoms with Crippen LogP contribution in [-0.2, 0) is 11.3 Å². The second-order valence-corrected chi connectivity index (χ2v) is 5.80. The molecule has 0 unspecified atom stereocenters. The van der Waals surface area contributed by atoms with Crippen molar-refractivity contribution >= 4 is 22.6 Å². The minimum Gasteiger partial charge on any atom is -0.358 e. The monoisotopic (exact) mass is 322 g/mol. The van der Waals surface area contributed by atoms with E-state index in [1.807, 2.05) is 24.3 Å². The molecule has 4 rings (SSSR count). The number of aromatic nitrogens is 1. The first-order valence-electron chi connectivity index (χ1n) is 7.86. The van der Waals surface area contributed by atoms with Crippen LogP contribution < -0.4 is 0 Å². The number of halogens is 1. The van der Waals surface area contributed by atoms with Crippen molar-refractivity contribution in [1.82, 2.24) is 4.98 Å². The summed E-state index contributed by atoms with van der Waals surface area (Å²) in [6, 6.07) is 13.2. The van der Waals surface area contributed by atoms with E-state index >= 15 is 0 Å². The van der Waals surface area contributed by atoms with Crippen molar-refractivity contribution in [2.75, 3.05) is 0 Å². The van der Waals surface area contributed by atoms with Gasteiger partial charge in [-0.25, -0.2) is 9.18 Å². The van der Waals surface area contributed by atoms with Crippen molar-refractivity contribution in [2.45, 2.75) is 19.3 Å². The second kappa shape index (κ2) is 5.92. The lowest BCUT2D eigenvalue weighted by Gasteiger charge is -2.13. The zero-order valence-electron chi connectivity index (χ0n) is 12.9.